The zero-order valence-electron chi connectivity index (χ0n) is 19.6. The van der Waals surface area contributed by atoms with Crippen molar-refractivity contribution in [1.29, 1.82) is 0 Å². The second-order valence-electron chi connectivity index (χ2n) is 8.84. The molecule has 2 aliphatic rings. The number of hydrogen-bond acceptors (Lipinski definition) is 6. The summed E-state index contributed by atoms with van der Waals surface area (Å²) in [6, 6.07) is 12.9. The smallest absolute Gasteiger partial charge is 0.261 e. The molecular weight excluding hydrogens is 454 g/mol. The molecule has 0 bridgehead atoms. The van der Waals surface area contributed by atoms with Gasteiger partial charge in [0.2, 0.25) is 0 Å². The lowest BCUT2D eigenvalue weighted by molar-refractivity contribution is 0.0332. The van der Waals surface area contributed by atoms with Crippen molar-refractivity contribution in [2.75, 3.05) is 57.8 Å². The quantitative estimate of drug-likeness (QED) is 0.616. The van der Waals surface area contributed by atoms with Crippen molar-refractivity contribution in [2.24, 2.45) is 5.92 Å². The molecular formula is C25H33N3O5S. The number of amides is 1. The number of piperidine rings is 1. The molecule has 2 saturated heterocycles. The van der Waals surface area contributed by atoms with E-state index in [0.717, 1.165) is 52.1 Å². The minimum Gasteiger partial charge on any atom is -0.497 e. The predicted molar refractivity (Wildman–Crippen MR) is 131 cm³/mol. The molecule has 8 nitrogen and oxygen atoms in total. The van der Waals surface area contributed by atoms with E-state index in [0.29, 0.717) is 36.0 Å². The van der Waals surface area contributed by atoms with Crippen LogP contribution >= 0.6 is 0 Å². The summed E-state index contributed by atoms with van der Waals surface area (Å²) < 4.78 is 38.8. The van der Waals surface area contributed by atoms with Crippen LogP contribution < -0.4 is 9.46 Å². The van der Waals surface area contributed by atoms with Crippen LogP contribution in [0, 0.1) is 5.92 Å². The number of methoxy groups -OCH3 is 1. The van der Waals surface area contributed by atoms with E-state index in [1.54, 1.807) is 43.5 Å². The van der Waals surface area contributed by atoms with E-state index < -0.39 is 10.0 Å². The lowest BCUT2D eigenvalue weighted by Gasteiger charge is -2.34. The maximum atomic E-state index is 13.1. The van der Waals surface area contributed by atoms with Gasteiger partial charge in [0, 0.05) is 37.4 Å². The number of benzene rings is 2. The number of carbonyl (C=O) groups is 1. The van der Waals surface area contributed by atoms with Crippen molar-refractivity contribution in [3.63, 3.8) is 0 Å². The van der Waals surface area contributed by atoms with Crippen LogP contribution in [0.2, 0.25) is 0 Å². The minimum absolute atomic E-state index is 0.0644. The van der Waals surface area contributed by atoms with Crippen LogP contribution in [0.25, 0.3) is 0 Å². The molecule has 0 radical (unpaired) electrons. The van der Waals surface area contributed by atoms with E-state index in [1.807, 2.05) is 4.90 Å². The molecule has 0 saturated carbocycles. The standard InChI is InChI=1S/C25H33N3O5S/c1-32-23-7-5-22(6-8-23)26-34(30,31)24-4-2-3-21(19-24)25(29)28-13-10-20(11-14-28)9-12-27-15-17-33-18-16-27/h2-8,19-20,26H,9-18H2,1H3. The molecule has 184 valence electrons. The Morgan fingerprint density at radius 1 is 1.06 bits per heavy atom. The third-order valence-corrected chi connectivity index (χ3v) is 7.97. The Morgan fingerprint density at radius 2 is 1.76 bits per heavy atom. The summed E-state index contributed by atoms with van der Waals surface area (Å²) in [5.74, 6) is 1.14. The summed E-state index contributed by atoms with van der Waals surface area (Å²) in [4.78, 5) is 17.5. The van der Waals surface area contributed by atoms with Crippen LogP contribution in [0.3, 0.4) is 0 Å². The molecule has 2 aromatic rings. The normalized spacial score (nSPS) is 18.0. The topological polar surface area (TPSA) is 88.2 Å². The lowest BCUT2D eigenvalue weighted by Crippen LogP contribution is -2.40. The Kier molecular flexibility index (Phi) is 8.07. The van der Waals surface area contributed by atoms with Crippen LogP contribution in [-0.2, 0) is 14.8 Å². The highest BCUT2D eigenvalue weighted by Gasteiger charge is 2.25. The van der Waals surface area contributed by atoms with Gasteiger partial charge in [-0.05, 0) is 74.2 Å². The highest BCUT2D eigenvalue weighted by Crippen LogP contribution is 2.24. The molecule has 1 N–H and O–H groups in total. The van der Waals surface area contributed by atoms with Gasteiger partial charge in [-0.25, -0.2) is 8.42 Å². The average Bonchev–Trinajstić information content (AvgIpc) is 2.88. The van der Waals surface area contributed by atoms with Crippen LogP contribution in [-0.4, -0.2) is 77.2 Å². The van der Waals surface area contributed by atoms with E-state index in [1.165, 1.54) is 12.1 Å². The van der Waals surface area contributed by atoms with Crippen molar-refractivity contribution in [3.8, 4) is 5.75 Å². The third-order valence-electron chi connectivity index (χ3n) is 6.59. The van der Waals surface area contributed by atoms with E-state index in [9.17, 15) is 13.2 Å². The summed E-state index contributed by atoms with van der Waals surface area (Å²) in [6.45, 7) is 6.13. The number of nitrogens with zero attached hydrogens (tertiary/aromatic N) is 2. The molecule has 0 aliphatic carbocycles. The minimum atomic E-state index is -3.82. The van der Waals surface area contributed by atoms with Crippen LogP contribution in [0.5, 0.6) is 5.75 Å². The highest BCUT2D eigenvalue weighted by molar-refractivity contribution is 7.92. The fourth-order valence-corrected chi connectivity index (χ4v) is 5.57. The van der Waals surface area contributed by atoms with Crippen molar-refractivity contribution in [3.05, 3.63) is 54.1 Å². The molecule has 0 unspecified atom stereocenters. The monoisotopic (exact) mass is 487 g/mol. The maximum Gasteiger partial charge on any atom is 0.261 e. The molecule has 0 spiro atoms. The fraction of sp³-hybridized carbons (Fsp3) is 0.480. The van der Waals surface area contributed by atoms with E-state index in [-0.39, 0.29) is 10.8 Å². The van der Waals surface area contributed by atoms with Gasteiger partial charge in [-0.1, -0.05) is 6.07 Å². The summed E-state index contributed by atoms with van der Waals surface area (Å²) in [6.07, 6.45) is 3.10. The summed E-state index contributed by atoms with van der Waals surface area (Å²) >= 11 is 0. The predicted octanol–water partition coefficient (Wildman–Crippen LogP) is 3.07. The molecule has 9 heteroatoms. The van der Waals surface area contributed by atoms with Crippen molar-refractivity contribution < 1.29 is 22.7 Å². The van der Waals surface area contributed by atoms with Gasteiger partial charge >= 0.3 is 0 Å². The SMILES string of the molecule is COc1ccc(NS(=O)(=O)c2cccc(C(=O)N3CCC(CCN4CCOCC4)CC3)c2)cc1. The number of morpholine rings is 1. The first-order chi connectivity index (χ1) is 16.4. The summed E-state index contributed by atoms with van der Waals surface area (Å²) in [5.41, 5.74) is 0.820. The van der Waals surface area contributed by atoms with Crippen molar-refractivity contribution in [1.82, 2.24) is 9.80 Å². The Morgan fingerprint density at radius 3 is 2.44 bits per heavy atom. The number of likely N-dealkylation sites (tertiary alicyclic amines) is 1. The van der Waals surface area contributed by atoms with Gasteiger partial charge in [-0.2, -0.15) is 0 Å². The maximum absolute atomic E-state index is 13.1. The second kappa shape index (κ2) is 11.2. The zero-order valence-corrected chi connectivity index (χ0v) is 20.4. The fourth-order valence-electron chi connectivity index (χ4n) is 4.47. The largest absolute Gasteiger partial charge is 0.497 e. The molecule has 0 aromatic heterocycles. The van der Waals surface area contributed by atoms with Gasteiger partial charge in [0.25, 0.3) is 15.9 Å². The number of rotatable bonds is 8. The van der Waals surface area contributed by atoms with E-state index in [4.69, 9.17) is 9.47 Å². The molecule has 34 heavy (non-hydrogen) atoms. The second-order valence-corrected chi connectivity index (χ2v) is 10.5. The number of carbonyl (C=O) groups excluding carboxylic acids is 1. The average molecular weight is 488 g/mol. The van der Waals surface area contributed by atoms with Crippen molar-refractivity contribution in [2.45, 2.75) is 24.2 Å². The van der Waals surface area contributed by atoms with Gasteiger partial charge in [0.15, 0.2) is 0 Å². The first kappa shape index (κ1) is 24.5. The first-order valence-electron chi connectivity index (χ1n) is 11.8. The van der Waals surface area contributed by atoms with Crippen molar-refractivity contribution >= 4 is 21.6 Å². The number of hydrogen-bond donors (Lipinski definition) is 1. The molecule has 4 rings (SSSR count). The summed E-state index contributed by atoms with van der Waals surface area (Å²) in [5, 5.41) is 0. The number of nitrogens with one attached hydrogen (secondary N) is 1. The van der Waals surface area contributed by atoms with E-state index >= 15 is 0 Å². The number of ether oxygens (including phenoxy) is 2. The molecule has 1 amide bonds. The highest BCUT2D eigenvalue weighted by atomic mass is 32.2. The Balaban J connectivity index is 1.33. The Labute approximate surface area is 201 Å². The zero-order chi connectivity index (χ0) is 24.0. The molecule has 2 heterocycles. The Hall–Kier alpha value is -2.62. The number of sulfonamides is 1. The van der Waals surface area contributed by atoms with Gasteiger partial charge in [-0.3, -0.25) is 14.4 Å². The molecule has 0 atom stereocenters. The van der Waals surface area contributed by atoms with Gasteiger partial charge < -0.3 is 14.4 Å². The van der Waals surface area contributed by atoms with Gasteiger partial charge in [-0.15, -0.1) is 0 Å². The number of anilines is 1. The van der Waals surface area contributed by atoms with Gasteiger partial charge in [0.1, 0.15) is 5.75 Å². The van der Waals surface area contributed by atoms with Crippen LogP contribution in [0.1, 0.15) is 29.6 Å². The van der Waals surface area contributed by atoms with Crippen LogP contribution in [0.4, 0.5) is 5.69 Å². The first-order valence-corrected chi connectivity index (χ1v) is 13.3. The third kappa shape index (κ3) is 6.28. The van der Waals surface area contributed by atoms with E-state index in [2.05, 4.69) is 9.62 Å². The van der Waals surface area contributed by atoms with Crippen LogP contribution in [0.15, 0.2) is 53.4 Å². The molecule has 2 aliphatic heterocycles. The lowest BCUT2D eigenvalue weighted by atomic mass is 9.93. The van der Waals surface area contributed by atoms with Gasteiger partial charge in [0.05, 0.1) is 25.2 Å². The molecule has 2 aromatic carbocycles. The summed E-state index contributed by atoms with van der Waals surface area (Å²) in [7, 11) is -2.27. The Bertz CT molecular complexity index is 1060. The molecule has 2 fully saturated rings.